The Labute approximate surface area is 109 Å². The van der Waals surface area contributed by atoms with E-state index in [1.807, 2.05) is 0 Å². The van der Waals surface area contributed by atoms with E-state index in [9.17, 15) is 18.7 Å². The minimum Gasteiger partial charge on any atom is -0.398 e. The maximum Gasteiger partial charge on any atom is 0.256 e. The summed E-state index contributed by atoms with van der Waals surface area (Å²) in [6, 6.07) is 1.63. The lowest BCUT2D eigenvalue weighted by molar-refractivity contribution is 0.0763. The summed E-state index contributed by atoms with van der Waals surface area (Å²) in [6.07, 6.45) is 0.188. The predicted octanol–water partition coefficient (Wildman–Crippen LogP) is 1.39. The lowest BCUT2D eigenvalue weighted by Crippen LogP contribution is -2.31. The molecule has 1 fully saturated rings. The molecule has 6 heteroatoms. The molecule has 1 aromatic rings. The van der Waals surface area contributed by atoms with Crippen molar-refractivity contribution in [1.29, 1.82) is 0 Å². The summed E-state index contributed by atoms with van der Waals surface area (Å²) in [7, 11) is 0. The number of anilines is 1. The van der Waals surface area contributed by atoms with Gasteiger partial charge in [0.05, 0.1) is 11.7 Å². The zero-order valence-electron chi connectivity index (χ0n) is 10.6. The fraction of sp³-hybridized carbons (Fsp3) is 0.462. The number of amides is 1. The molecule has 0 aromatic heterocycles. The Hall–Kier alpha value is -1.69. The van der Waals surface area contributed by atoms with E-state index in [2.05, 4.69) is 0 Å². The van der Waals surface area contributed by atoms with E-state index in [1.165, 1.54) is 4.90 Å². The molecule has 1 saturated heterocycles. The predicted molar refractivity (Wildman–Crippen MR) is 66.5 cm³/mol. The van der Waals surface area contributed by atoms with Gasteiger partial charge < -0.3 is 15.7 Å². The molecular formula is C13H16F2N2O2. The van der Waals surface area contributed by atoms with Crippen LogP contribution in [0.3, 0.4) is 0 Å². The average molecular weight is 270 g/mol. The molecule has 2 atom stereocenters. The van der Waals surface area contributed by atoms with E-state index in [0.29, 0.717) is 19.5 Å². The minimum atomic E-state index is -1.09. The highest BCUT2D eigenvalue weighted by Gasteiger charge is 2.30. The molecule has 104 valence electrons. The van der Waals surface area contributed by atoms with Crippen molar-refractivity contribution in [2.75, 3.05) is 18.8 Å². The second kappa shape index (κ2) is 5.13. The average Bonchev–Trinajstić information content (AvgIpc) is 2.82. The second-order valence-electron chi connectivity index (χ2n) is 4.89. The van der Waals surface area contributed by atoms with E-state index >= 15 is 0 Å². The van der Waals surface area contributed by atoms with Gasteiger partial charge in [-0.25, -0.2) is 8.78 Å². The van der Waals surface area contributed by atoms with Crippen LogP contribution in [-0.4, -0.2) is 35.1 Å². The number of hydrogen-bond donors (Lipinski definition) is 2. The first kappa shape index (κ1) is 13.7. The molecule has 2 unspecified atom stereocenters. The molecule has 1 aromatic carbocycles. The number of nitrogens with two attached hydrogens (primary N) is 1. The van der Waals surface area contributed by atoms with Gasteiger partial charge >= 0.3 is 0 Å². The maximum absolute atomic E-state index is 13.2. The molecule has 0 saturated carbocycles. The van der Waals surface area contributed by atoms with Crippen LogP contribution >= 0.6 is 0 Å². The standard InChI is InChI=1S/C13H16F2N2O2/c1-7(18)8-2-3-17(6-8)13(19)9-4-10(14)11(15)5-12(9)16/h4-5,7-8,18H,2-3,6,16H2,1H3. The number of rotatable bonds is 2. The summed E-state index contributed by atoms with van der Waals surface area (Å²) < 4.78 is 26.1. The highest BCUT2D eigenvalue weighted by atomic mass is 19.2. The molecule has 1 heterocycles. The third-order valence-corrected chi connectivity index (χ3v) is 3.52. The van der Waals surface area contributed by atoms with Gasteiger partial charge in [0.25, 0.3) is 5.91 Å². The monoisotopic (exact) mass is 270 g/mol. The summed E-state index contributed by atoms with van der Waals surface area (Å²) in [6.45, 7) is 2.55. The van der Waals surface area contributed by atoms with E-state index in [1.54, 1.807) is 6.92 Å². The zero-order valence-corrected chi connectivity index (χ0v) is 10.6. The Morgan fingerprint density at radius 3 is 2.68 bits per heavy atom. The number of halogens is 2. The molecule has 0 radical (unpaired) electrons. The normalized spacial score (nSPS) is 20.6. The summed E-state index contributed by atoms with van der Waals surface area (Å²) >= 11 is 0. The maximum atomic E-state index is 13.2. The van der Waals surface area contributed by atoms with Crippen molar-refractivity contribution in [2.24, 2.45) is 5.92 Å². The Balaban J connectivity index is 2.19. The van der Waals surface area contributed by atoms with Crippen molar-refractivity contribution < 1.29 is 18.7 Å². The third kappa shape index (κ3) is 2.68. The van der Waals surface area contributed by atoms with Crippen LogP contribution in [0.4, 0.5) is 14.5 Å². The number of aliphatic hydroxyl groups is 1. The van der Waals surface area contributed by atoms with Gasteiger partial charge in [-0.2, -0.15) is 0 Å². The molecule has 4 nitrogen and oxygen atoms in total. The number of nitrogens with zero attached hydrogens (tertiary/aromatic N) is 1. The lowest BCUT2D eigenvalue weighted by Gasteiger charge is -2.18. The fourth-order valence-corrected chi connectivity index (χ4v) is 2.28. The van der Waals surface area contributed by atoms with E-state index in [0.717, 1.165) is 12.1 Å². The van der Waals surface area contributed by atoms with Crippen LogP contribution in [0.25, 0.3) is 0 Å². The molecule has 1 aliphatic rings. The van der Waals surface area contributed by atoms with Gasteiger partial charge in [-0.05, 0) is 19.4 Å². The third-order valence-electron chi connectivity index (χ3n) is 3.52. The summed E-state index contributed by atoms with van der Waals surface area (Å²) in [4.78, 5) is 13.7. The van der Waals surface area contributed by atoms with Crippen molar-refractivity contribution in [3.63, 3.8) is 0 Å². The molecule has 1 aliphatic heterocycles. The Kier molecular flexibility index (Phi) is 3.71. The second-order valence-corrected chi connectivity index (χ2v) is 4.89. The molecule has 0 bridgehead atoms. The van der Waals surface area contributed by atoms with Crippen LogP contribution in [-0.2, 0) is 0 Å². The van der Waals surface area contributed by atoms with E-state index in [-0.39, 0.29) is 17.2 Å². The van der Waals surface area contributed by atoms with Crippen LogP contribution in [0.5, 0.6) is 0 Å². The first-order valence-electron chi connectivity index (χ1n) is 6.12. The number of carbonyl (C=O) groups excluding carboxylic acids is 1. The summed E-state index contributed by atoms with van der Waals surface area (Å²) in [5.41, 5.74) is 5.43. The number of likely N-dealkylation sites (tertiary alicyclic amines) is 1. The van der Waals surface area contributed by atoms with Crippen LogP contribution in [0.2, 0.25) is 0 Å². The quantitative estimate of drug-likeness (QED) is 0.798. The summed E-state index contributed by atoms with van der Waals surface area (Å²) in [5.74, 6) is -2.59. The number of benzene rings is 1. The molecule has 0 aliphatic carbocycles. The van der Waals surface area contributed by atoms with Gasteiger partial charge in [0.1, 0.15) is 0 Å². The number of nitrogen functional groups attached to an aromatic ring is 1. The molecule has 2 rings (SSSR count). The van der Waals surface area contributed by atoms with Crippen LogP contribution < -0.4 is 5.73 Å². The van der Waals surface area contributed by atoms with E-state index in [4.69, 9.17) is 5.73 Å². The molecular weight excluding hydrogens is 254 g/mol. The largest absolute Gasteiger partial charge is 0.398 e. The fourth-order valence-electron chi connectivity index (χ4n) is 2.28. The van der Waals surface area contributed by atoms with Crippen molar-refractivity contribution in [2.45, 2.75) is 19.4 Å². The first-order valence-corrected chi connectivity index (χ1v) is 6.12. The Bertz CT molecular complexity index is 506. The van der Waals surface area contributed by atoms with E-state index < -0.39 is 23.6 Å². The topological polar surface area (TPSA) is 66.6 Å². The van der Waals surface area contributed by atoms with Gasteiger partial charge in [-0.15, -0.1) is 0 Å². The zero-order chi connectivity index (χ0) is 14.2. The van der Waals surface area contributed by atoms with Crippen LogP contribution in [0.15, 0.2) is 12.1 Å². The Morgan fingerprint density at radius 1 is 1.47 bits per heavy atom. The van der Waals surface area contributed by atoms with Crippen molar-refractivity contribution >= 4 is 11.6 Å². The molecule has 3 N–H and O–H groups in total. The number of carbonyl (C=O) groups is 1. The molecule has 1 amide bonds. The Morgan fingerprint density at radius 2 is 2.11 bits per heavy atom. The van der Waals surface area contributed by atoms with Gasteiger partial charge in [-0.1, -0.05) is 0 Å². The van der Waals surface area contributed by atoms with Crippen LogP contribution in [0.1, 0.15) is 23.7 Å². The first-order chi connectivity index (χ1) is 8.90. The highest BCUT2D eigenvalue weighted by Crippen LogP contribution is 2.24. The van der Waals surface area contributed by atoms with Crippen LogP contribution in [0, 0.1) is 17.6 Å². The van der Waals surface area contributed by atoms with Gasteiger partial charge in [0, 0.05) is 30.8 Å². The SMILES string of the molecule is CC(O)C1CCN(C(=O)c2cc(F)c(F)cc2N)C1. The minimum absolute atomic E-state index is 0.00969. The molecule has 19 heavy (non-hydrogen) atoms. The summed E-state index contributed by atoms with van der Waals surface area (Å²) in [5, 5.41) is 9.49. The smallest absolute Gasteiger partial charge is 0.256 e. The number of hydrogen-bond acceptors (Lipinski definition) is 3. The van der Waals surface area contributed by atoms with Crippen molar-refractivity contribution in [3.8, 4) is 0 Å². The van der Waals surface area contributed by atoms with Crippen molar-refractivity contribution in [3.05, 3.63) is 29.3 Å². The van der Waals surface area contributed by atoms with Gasteiger partial charge in [0.2, 0.25) is 0 Å². The number of aliphatic hydroxyl groups excluding tert-OH is 1. The van der Waals surface area contributed by atoms with Gasteiger partial charge in [0.15, 0.2) is 11.6 Å². The lowest BCUT2D eigenvalue weighted by atomic mass is 10.0. The highest BCUT2D eigenvalue weighted by molar-refractivity contribution is 5.99. The van der Waals surface area contributed by atoms with Crippen molar-refractivity contribution in [1.82, 2.24) is 4.90 Å². The van der Waals surface area contributed by atoms with Gasteiger partial charge in [-0.3, -0.25) is 4.79 Å². The molecule has 0 spiro atoms.